The van der Waals surface area contributed by atoms with Crippen LogP contribution in [0.2, 0.25) is 0 Å². The van der Waals surface area contributed by atoms with Crippen molar-refractivity contribution in [2.24, 2.45) is 0 Å². The summed E-state index contributed by atoms with van der Waals surface area (Å²) in [4.78, 5) is 0. The number of nitrogens with zero attached hydrogens (tertiary/aromatic N) is 1. The number of benzene rings is 1. The Morgan fingerprint density at radius 3 is 2.80 bits per heavy atom. The second-order valence-corrected chi connectivity index (χ2v) is 5.30. The highest BCUT2D eigenvalue weighted by atomic mass is 79.9. The summed E-state index contributed by atoms with van der Waals surface area (Å²) in [5, 5.41) is 14.0. The number of halogens is 4. The molecule has 0 fully saturated rings. The van der Waals surface area contributed by atoms with E-state index in [0.29, 0.717) is 25.0 Å². The van der Waals surface area contributed by atoms with Gasteiger partial charge in [0.05, 0.1) is 9.86 Å². The maximum Gasteiger partial charge on any atom is 0.573 e. The van der Waals surface area contributed by atoms with Crippen molar-refractivity contribution in [2.45, 2.75) is 19.5 Å². The molecule has 0 bridgehead atoms. The van der Waals surface area contributed by atoms with Crippen LogP contribution in [0.15, 0.2) is 16.6 Å². The second kappa shape index (κ2) is 4.56. The Balaban J connectivity index is 2.28. The minimum Gasteiger partial charge on any atom is -0.494 e. The van der Waals surface area contributed by atoms with Crippen LogP contribution in [0.4, 0.5) is 13.2 Å². The van der Waals surface area contributed by atoms with Gasteiger partial charge in [-0.15, -0.1) is 13.2 Å². The van der Waals surface area contributed by atoms with Gasteiger partial charge in [-0.2, -0.15) is 0 Å². The van der Waals surface area contributed by atoms with Crippen LogP contribution in [0, 0.1) is 0 Å². The minimum absolute atomic E-state index is 0.0791. The lowest BCUT2D eigenvalue weighted by Crippen LogP contribution is -2.27. The first-order valence-corrected chi connectivity index (χ1v) is 6.67. The van der Waals surface area contributed by atoms with Crippen molar-refractivity contribution in [3.05, 3.63) is 22.3 Å². The fourth-order valence-electron chi connectivity index (χ4n) is 2.47. The third kappa shape index (κ3) is 2.12. The highest BCUT2D eigenvalue weighted by molar-refractivity contribution is 9.10. The van der Waals surface area contributed by atoms with Crippen LogP contribution in [-0.2, 0) is 13.1 Å². The maximum atomic E-state index is 12.5. The molecule has 0 unspecified atom stereocenters. The molecule has 108 valence electrons. The molecule has 2 heterocycles. The molecule has 0 saturated heterocycles. The van der Waals surface area contributed by atoms with Crippen LogP contribution < -0.4 is 10.1 Å². The Kier molecular flexibility index (Phi) is 3.09. The Labute approximate surface area is 120 Å². The zero-order valence-electron chi connectivity index (χ0n) is 10.1. The van der Waals surface area contributed by atoms with E-state index in [1.54, 1.807) is 10.6 Å². The quantitative estimate of drug-likeness (QED) is 0.830. The van der Waals surface area contributed by atoms with Gasteiger partial charge in [-0.1, -0.05) is 6.07 Å². The molecule has 0 atom stereocenters. The molecular weight excluding hydrogens is 341 g/mol. The van der Waals surface area contributed by atoms with Gasteiger partial charge in [-0.25, -0.2) is 0 Å². The molecule has 0 saturated carbocycles. The average Bonchev–Trinajstić information content (AvgIpc) is 2.66. The van der Waals surface area contributed by atoms with Crippen LogP contribution in [0.3, 0.4) is 0 Å². The summed E-state index contributed by atoms with van der Waals surface area (Å²) in [6, 6.07) is 3.15. The zero-order valence-corrected chi connectivity index (χ0v) is 11.7. The molecular formula is C12H10BrF3N2O2. The van der Waals surface area contributed by atoms with E-state index in [2.05, 4.69) is 26.0 Å². The van der Waals surface area contributed by atoms with Crippen LogP contribution in [0.1, 0.15) is 5.69 Å². The first kappa shape index (κ1) is 13.6. The lowest BCUT2D eigenvalue weighted by Gasteiger charge is -2.16. The normalized spacial score (nSPS) is 15.4. The summed E-state index contributed by atoms with van der Waals surface area (Å²) in [7, 11) is 0. The first-order valence-electron chi connectivity index (χ1n) is 5.87. The second-order valence-electron chi connectivity index (χ2n) is 4.45. The number of nitrogens with one attached hydrogen (secondary N) is 1. The molecule has 4 nitrogen and oxygen atoms in total. The Bertz CT molecular complexity index is 682. The molecule has 1 aliphatic heterocycles. The predicted molar refractivity (Wildman–Crippen MR) is 69.7 cm³/mol. The van der Waals surface area contributed by atoms with E-state index in [1.807, 2.05) is 0 Å². The van der Waals surface area contributed by atoms with Crippen LogP contribution >= 0.6 is 15.9 Å². The fourth-order valence-corrected chi connectivity index (χ4v) is 2.88. The van der Waals surface area contributed by atoms with E-state index in [0.717, 1.165) is 5.69 Å². The maximum absolute atomic E-state index is 12.5. The molecule has 3 rings (SSSR count). The lowest BCUT2D eigenvalue weighted by atomic mass is 10.1. The molecule has 2 aromatic rings. The summed E-state index contributed by atoms with van der Waals surface area (Å²) in [5.41, 5.74) is 0.753. The molecule has 1 aromatic carbocycles. The van der Waals surface area contributed by atoms with Gasteiger partial charge in [-0.05, 0) is 22.0 Å². The first-order chi connectivity index (χ1) is 9.38. The minimum atomic E-state index is -4.82. The number of alkyl halides is 3. The molecule has 1 aliphatic rings. The molecule has 8 heteroatoms. The van der Waals surface area contributed by atoms with E-state index < -0.39 is 12.1 Å². The van der Waals surface area contributed by atoms with E-state index in [4.69, 9.17) is 0 Å². The molecule has 20 heavy (non-hydrogen) atoms. The lowest BCUT2D eigenvalue weighted by molar-refractivity contribution is -0.274. The predicted octanol–water partition coefficient (Wildman–Crippen LogP) is 3.11. The molecule has 2 N–H and O–H groups in total. The number of aromatic hydroxyl groups is 1. The highest BCUT2D eigenvalue weighted by Crippen LogP contribution is 2.44. The molecule has 0 spiro atoms. The van der Waals surface area contributed by atoms with E-state index in [9.17, 15) is 18.3 Å². The van der Waals surface area contributed by atoms with Crippen LogP contribution in [-0.4, -0.2) is 22.6 Å². The number of hydrogen-bond donors (Lipinski definition) is 2. The number of aromatic nitrogens is 1. The topological polar surface area (TPSA) is 46.4 Å². The fraction of sp³-hybridized carbons (Fsp3) is 0.333. The Morgan fingerprint density at radius 1 is 1.35 bits per heavy atom. The van der Waals surface area contributed by atoms with Gasteiger partial charge in [0.1, 0.15) is 0 Å². The van der Waals surface area contributed by atoms with Crippen molar-refractivity contribution in [1.29, 1.82) is 0 Å². The van der Waals surface area contributed by atoms with Crippen LogP contribution in [0.25, 0.3) is 10.8 Å². The van der Waals surface area contributed by atoms with Crippen LogP contribution in [0.5, 0.6) is 11.6 Å². The van der Waals surface area contributed by atoms with E-state index in [-0.39, 0.29) is 15.7 Å². The van der Waals surface area contributed by atoms with E-state index in [1.165, 1.54) is 6.07 Å². The van der Waals surface area contributed by atoms with Gasteiger partial charge >= 0.3 is 6.36 Å². The number of rotatable bonds is 1. The summed E-state index contributed by atoms with van der Waals surface area (Å²) >= 11 is 3.04. The van der Waals surface area contributed by atoms with Crippen molar-refractivity contribution in [3.8, 4) is 11.6 Å². The average molecular weight is 351 g/mol. The molecule has 0 radical (unpaired) electrons. The highest BCUT2D eigenvalue weighted by Gasteiger charge is 2.34. The monoisotopic (exact) mass is 350 g/mol. The van der Waals surface area contributed by atoms with Crippen molar-refractivity contribution in [1.82, 2.24) is 9.88 Å². The van der Waals surface area contributed by atoms with Crippen molar-refractivity contribution >= 4 is 26.7 Å². The molecule has 0 aliphatic carbocycles. The summed E-state index contributed by atoms with van der Waals surface area (Å²) in [6.07, 6.45) is -4.82. The van der Waals surface area contributed by atoms with Crippen molar-refractivity contribution < 1.29 is 23.0 Å². The third-order valence-corrected chi connectivity index (χ3v) is 3.87. The van der Waals surface area contributed by atoms with Gasteiger partial charge in [0, 0.05) is 30.7 Å². The third-order valence-electron chi connectivity index (χ3n) is 3.25. The van der Waals surface area contributed by atoms with Gasteiger partial charge in [-0.3, -0.25) is 0 Å². The van der Waals surface area contributed by atoms with Crippen molar-refractivity contribution in [2.75, 3.05) is 6.54 Å². The van der Waals surface area contributed by atoms with Crippen molar-refractivity contribution in [3.63, 3.8) is 0 Å². The number of hydrogen-bond acceptors (Lipinski definition) is 3. The molecule has 1 aromatic heterocycles. The Hall–Kier alpha value is -1.41. The smallest absolute Gasteiger partial charge is 0.494 e. The van der Waals surface area contributed by atoms with E-state index >= 15 is 0 Å². The summed E-state index contributed by atoms with van der Waals surface area (Å²) < 4.78 is 43.4. The summed E-state index contributed by atoms with van der Waals surface area (Å²) in [6.45, 7) is 1.64. The number of ether oxygens (including phenoxy) is 1. The van der Waals surface area contributed by atoms with Gasteiger partial charge in [0.2, 0.25) is 5.88 Å². The molecule has 0 amide bonds. The SMILES string of the molecule is Oc1c2c(OC(F)(F)F)c(Br)ccc2c2n1CCNC2. The van der Waals surface area contributed by atoms with Gasteiger partial charge < -0.3 is 19.7 Å². The van der Waals surface area contributed by atoms with Gasteiger partial charge in [0.25, 0.3) is 0 Å². The summed E-state index contributed by atoms with van der Waals surface area (Å²) in [5.74, 6) is -0.605. The standard InChI is InChI=1S/C12H10BrF3N2O2/c13-7-2-1-6-8-5-17-3-4-18(8)11(19)9(6)10(7)20-12(14,15)16/h1-2,17,19H,3-5H2. The van der Waals surface area contributed by atoms with Gasteiger partial charge in [0.15, 0.2) is 5.75 Å². The number of fused-ring (bicyclic) bond motifs is 3. The zero-order chi connectivity index (χ0) is 14.5. The Morgan fingerprint density at radius 2 is 2.10 bits per heavy atom. The largest absolute Gasteiger partial charge is 0.573 e.